The second-order valence-electron chi connectivity index (χ2n) is 3.44. The van der Waals surface area contributed by atoms with Crippen molar-refractivity contribution in [2.75, 3.05) is 7.11 Å². The summed E-state index contributed by atoms with van der Waals surface area (Å²) < 4.78 is 81.7. The number of alkyl halides is 6. The lowest BCUT2D eigenvalue weighted by atomic mass is 9.85. The summed E-state index contributed by atoms with van der Waals surface area (Å²) in [6.07, 6.45) is -12.3. The van der Waals surface area contributed by atoms with Crippen molar-refractivity contribution in [3.8, 4) is 0 Å². The van der Waals surface area contributed by atoms with Gasteiger partial charge in [0.15, 0.2) is 5.79 Å². The molecule has 0 bridgehead atoms. The van der Waals surface area contributed by atoms with Crippen molar-refractivity contribution in [1.82, 2.24) is 0 Å². The van der Waals surface area contributed by atoms with Crippen molar-refractivity contribution in [2.45, 2.75) is 37.1 Å². The predicted molar refractivity (Wildman–Crippen MR) is 36.0 cm³/mol. The number of halogens is 6. The first kappa shape index (κ1) is 12.6. The van der Waals surface area contributed by atoms with Crippen molar-refractivity contribution >= 4 is 0 Å². The van der Waals surface area contributed by atoms with Crippen LogP contribution in [0.15, 0.2) is 0 Å². The molecule has 1 rings (SSSR count). The second-order valence-corrected chi connectivity index (χ2v) is 3.44. The predicted octanol–water partition coefficient (Wildman–Crippen LogP) is 2.63. The molecule has 0 amide bonds. The van der Waals surface area contributed by atoms with Gasteiger partial charge in [0.05, 0.1) is 0 Å². The van der Waals surface area contributed by atoms with Gasteiger partial charge in [0.2, 0.25) is 0 Å². The van der Waals surface area contributed by atoms with Crippen molar-refractivity contribution < 1.29 is 35.8 Å². The molecule has 0 aromatic carbocycles. The fourth-order valence-corrected chi connectivity index (χ4v) is 1.40. The molecule has 0 spiro atoms. The van der Waals surface area contributed by atoms with E-state index in [2.05, 4.69) is 9.47 Å². The summed E-state index contributed by atoms with van der Waals surface area (Å²) in [6.45, 7) is 1.02. The molecule has 1 aliphatic heterocycles. The van der Waals surface area contributed by atoms with E-state index in [1.807, 2.05) is 0 Å². The highest BCUT2D eigenvalue weighted by Gasteiger charge is 2.81. The van der Waals surface area contributed by atoms with Gasteiger partial charge in [-0.05, 0) is 6.92 Å². The Morgan fingerprint density at radius 1 is 1.07 bits per heavy atom. The van der Waals surface area contributed by atoms with Gasteiger partial charge in [0, 0.05) is 13.5 Å². The first-order valence-corrected chi connectivity index (χ1v) is 3.86. The largest absolute Gasteiger partial charge is 0.426 e. The number of ether oxygens (including phenoxy) is 2. The van der Waals surface area contributed by atoms with E-state index >= 15 is 0 Å². The zero-order valence-electron chi connectivity index (χ0n) is 7.79. The SMILES string of the molecule is COC1(C)CC(C(F)(F)F)(C(F)(F)F)O1. The van der Waals surface area contributed by atoms with Crippen molar-refractivity contribution in [3.05, 3.63) is 0 Å². The van der Waals surface area contributed by atoms with Crippen LogP contribution < -0.4 is 0 Å². The number of hydrogen-bond donors (Lipinski definition) is 0. The summed E-state index contributed by atoms with van der Waals surface area (Å²) in [5.41, 5.74) is -4.09. The van der Waals surface area contributed by atoms with E-state index in [0.717, 1.165) is 14.0 Å². The van der Waals surface area contributed by atoms with Gasteiger partial charge in [0.25, 0.3) is 5.60 Å². The Morgan fingerprint density at radius 3 is 1.60 bits per heavy atom. The summed E-state index contributed by atoms with van der Waals surface area (Å²) in [4.78, 5) is 0. The van der Waals surface area contributed by atoms with Crippen LogP contribution in [0, 0.1) is 0 Å². The Morgan fingerprint density at radius 2 is 1.40 bits per heavy atom. The Balaban J connectivity index is 2.97. The average Bonchev–Trinajstić information content (AvgIpc) is 1.93. The molecule has 1 aliphatic rings. The molecule has 0 radical (unpaired) electrons. The second kappa shape index (κ2) is 3.00. The van der Waals surface area contributed by atoms with Crippen LogP contribution in [0.5, 0.6) is 0 Å². The maximum atomic E-state index is 12.2. The summed E-state index contributed by atoms with van der Waals surface area (Å²) in [5.74, 6) is -1.83. The molecule has 8 heteroatoms. The summed E-state index contributed by atoms with van der Waals surface area (Å²) in [6, 6.07) is 0. The molecule has 1 atom stereocenters. The highest BCUT2D eigenvalue weighted by atomic mass is 19.4. The van der Waals surface area contributed by atoms with E-state index in [1.165, 1.54) is 0 Å². The van der Waals surface area contributed by atoms with Gasteiger partial charge in [-0.2, -0.15) is 26.3 Å². The van der Waals surface area contributed by atoms with E-state index in [1.54, 1.807) is 0 Å². The fraction of sp³-hybridized carbons (Fsp3) is 1.00. The summed E-state index contributed by atoms with van der Waals surface area (Å²) >= 11 is 0. The minimum atomic E-state index is -5.50. The normalized spacial score (nSPS) is 31.2. The lowest BCUT2D eigenvalue weighted by Crippen LogP contribution is -2.72. The first-order valence-electron chi connectivity index (χ1n) is 3.86. The molecule has 15 heavy (non-hydrogen) atoms. The fourth-order valence-electron chi connectivity index (χ4n) is 1.40. The molecular weight excluding hydrogens is 230 g/mol. The monoisotopic (exact) mass is 238 g/mol. The zero-order valence-corrected chi connectivity index (χ0v) is 7.79. The maximum absolute atomic E-state index is 12.2. The smallest absolute Gasteiger partial charge is 0.353 e. The van der Waals surface area contributed by atoms with Crippen LogP contribution in [0.25, 0.3) is 0 Å². The third-order valence-corrected chi connectivity index (χ3v) is 2.31. The zero-order chi connectivity index (χ0) is 12.1. The Kier molecular flexibility index (Phi) is 2.52. The molecule has 1 saturated heterocycles. The summed E-state index contributed by atoms with van der Waals surface area (Å²) in [5, 5.41) is 0. The van der Waals surface area contributed by atoms with Crippen LogP contribution in [-0.4, -0.2) is 30.9 Å². The number of hydrogen-bond acceptors (Lipinski definition) is 2. The molecule has 1 unspecified atom stereocenters. The maximum Gasteiger partial charge on any atom is 0.426 e. The molecule has 90 valence electrons. The number of rotatable bonds is 1. The standard InChI is InChI=1S/C7H8F6O2/c1-4(14-2)3-5(15-4,6(8,9)10)7(11,12)13/h3H2,1-2H3. The van der Waals surface area contributed by atoms with Crippen LogP contribution in [0.4, 0.5) is 26.3 Å². The first-order chi connectivity index (χ1) is 6.47. The molecule has 0 aromatic rings. The van der Waals surface area contributed by atoms with E-state index in [9.17, 15) is 26.3 Å². The van der Waals surface area contributed by atoms with Gasteiger partial charge in [-0.1, -0.05) is 0 Å². The molecule has 1 heterocycles. The lowest BCUT2D eigenvalue weighted by Gasteiger charge is -2.53. The summed E-state index contributed by atoms with van der Waals surface area (Å²) in [7, 11) is 0.983. The van der Waals surface area contributed by atoms with Gasteiger partial charge >= 0.3 is 12.4 Å². The highest BCUT2D eigenvalue weighted by Crippen LogP contribution is 2.58. The molecule has 1 fully saturated rings. The topological polar surface area (TPSA) is 18.5 Å². The highest BCUT2D eigenvalue weighted by molar-refractivity contribution is 5.06. The van der Waals surface area contributed by atoms with E-state index < -0.39 is 30.2 Å². The van der Waals surface area contributed by atoms with Crippen LogP contribution in [0.2, 0.25) is 0 Å². The van der Waals surface area contributed by atoms with Gasteiger partial charge in [0.1, 0.15) is 0 Å². The molecule has 0 aromatic heterocycles. The Bertz CT molecular complexity index is 233. The van der Waals surface area contributed by atoms with Gasteiger partial charge in [-0.25, -0.2) is 0 Å². The van der Waals surface area contributed by atoms with E-state index in [-0.39, 0.29) is 0 Å². The van der Waals surface area contributed by atoms with Gasteiger partial charge in [-0.3, -0.25) is 0 Å². The lowest BCUT2D eigenvalue weighted by molar-refractivity contribution is -0.499. The van der Waals surface area contributed by atoms with Crippen molar-refractivity contribution in [1.29, 1.82) is 0 Å². The van der Waals surface area contributed by atoms with Gasteiger partial charge < -0.3 is 9.47 Å². The Labute approximate surface area is 81.1 Å². The molecular formula is C7H8F6O2. The average molecular weight is 238 g/mol. The molecule has 2 nitrogen and oxygen atoms in total. The third-order valence-electron chi connectivity index (χ3n) is 2.31. The quantitative estimate of drug-likeness (QED) is 0.654. The minimum absolute atomic E-state index is 0.983. The van der Waals surface area contributed by atoms with Crippen molar-refractivity contribution in [3.63, 3.8) is 0 Å². The van der Waals surface area contributed by atoms with Gasteiger partial charge in [-0.15, -0.1) is 0 Å². The van der Waals surface area contributed by atoms with Crippen LogP contribution in [-0.2, 0) is 9.47 Å². The van der Waals surface area contributed by atoms with E-state index in [0.29, 0.717) is 0 Å². The molecule has 0 N–H and O–H groups in total. The van der Waals surface area contributed by atoms with Crippen molar-refractivity contribution in [2.24, 2.45) is 0 Å². The third kappa shape index (κ3) is 1.69. The van der Waals surface area contributed by atoms with Crippen LogP contribution >= 0.6 is 0 Å². The Hall–Kier alpha value is -0.500. The molecule has 0 saturated carbocycles. The number of methoxy groups -OCH3 is 1. The van der Waals surface area contributed by atoms with Crippen LogP contribution in [0.1, 0.15) is 13.3 Å². The molecule has 0 aliphatic carbocycles. The minimum Gasteiger partial charge on any atom is -0.353 e. The van der Waals surface area contributed by atoms with E-state index in [4.69, 9.17) is 0 Å². The van der Waals surface area contributed by atoms with Crippen LogP contribution in [0.3, 0.4) is 0 Å².